The first kappa shape index (κ1) is 15.5. The summed E-state index contributed by atoms with van der Waals surface area (Å²) in [6.45, 7) is 5.51. The molecule has 2 aromatic heterocycles. The molecule has 0 saturated heterocycles. The number of carbonyl (C=O) groups excluding carboxylic acids is 1. The van der Waals surface area contributed by atoms with E-state index < -0.39 is 0 Å². The maximum atomic E-state index is 12.4. The van der Waals surface area contributed by atoms with Crippen molar-refractivity contribution in [1.29, 1.82) is 0 Å². The molecule has 0 aliphatic heterocycles. The molecule has 1 atom stereocenters. The van der Waals surface area contributed by atoms with Gasteiger partial charge in [-0.3, -0.25) is 4.79 Å². The minimum absolute atomic E-state index is 0.242. The summed E-state index contributed by atoms with van der Waals surface area (Å²) in [5.74, 6) is 6.08. The summed E-state index contributed by atoms with van der Waals surface area (Å²) in [5, 5.41) is 6.77. The molecule has 112 valence electrons. The number of halogens is 1. The van der Waals surface area contributed by atoms with Gasteiger partial charge in [0.1, 0.15) is 5.76 Å². The zero-order chi connectivity index (χ0) is 15.6. The number of nitrogens with zero attached hydrogens (tertiary/aromatic N) is 2. The van der Waals surface area contributed by atoms with Gasteiger partial charge in [0.2, 0.25) is 0 Å². The SMILES string of the molecule is Cc1noc(C)c1C(C)NC(=O)c1cc(Br)cnc1NN. The van der Waals surface area contributed by atoms with Crippen molar-refractivity contribution >= 4 is 27.7 Å². The van der Waals surface area contributed by atoms with Crippen molar-refractivity contribution in [3.63, 3.8) is 0 Å². The average Bonchev–Trinajstić information content (AvgIpc) is 2.78. The van der Waals surface area contributed by atoms with E-state index in [9.17, 15) is 4.79 Å². The number of hydrazine groups is 1. The number of rotatable bonds is 4. The van der Waals surface area contributed by atoms with Gasteiger partial charge in [-0.25, -0.2) is 10.8 Å². The third-order valence-electron chi connectivity index (χ3n) is 3.10. The highest BCUT2D eigenvalue weighted by molar-refractivity contribution is 9.10. The van der Waals surface area contributed by atoms with Gasteiger partial charge in [-0.05, 0) is 42.8 Å². The monoisotopic (exact) mass is 353 g/mol. The fraction of sp³-hybridized carbons (Fsp3) is 0.308. The predicted octanol–water partition coefficient (Wildman–Crippen LogP) is 2.23. The molecule has 1 unspecified atom stereocenters. The molecule has 0 aliphatic carbocycles. The summed E-state index contributed by atoms with van der Waals surface area (Å²) in [4.78, 5) is 16.4. The van der Waals surface area contributed by atoms with Crippen LogP contribution in [0.3, 0.4) is 0 Å². The first-order chi connectivity index (χ1) is 9.93. The second kappa shape index (κ2) is 6.23. The highest BCUT2D eigenvalue weighted by Crippen LogP contribution is 2.23. The van der Waals surface area contributed by atoms with Gasteiger partial charge in [0, 0.05) is 16.2 Å². The van der Waals surface area contributed by atoms with Crippen molar-refractivity contribution in [1.82, 2.24) is 15.5 Å². The Balaban J connectivity index is 2.24. The van der Waals surface area contributed by atoms with E-state index >= 15 is 0 Å². The fourth-order valence-corrected chi connectivity index (χ4v) is 2.51. The Morgan fingerprint density at radius 3 is 2.76 bits per heavy atom. The number of nitrogens with two attached hydrogens (primary N) is 1. The molecule has 0 saturated carbocycles. The molecule has 0 radical (unpaired) electrons. The molecule has 0 fully saturated rings. The fourth-order valence-electron chi connectivity index (χ4n) is 2.18. The molecule has 1 amide bonds. The van der Waals surface area contributed by atoms with Crippen LogP contribution in [0.1, 0.15) is 40.3 Å². The molecule has 0 bridgehead atoms. The van der Waals surface area contributed by atoms with E-state index in [4.69, 9.17) is 10.4 Å². The lowest BCUT2D eigenvalue weighted by Crippen LogP contribution is -2.29. The largest absolute Gasteiger partial charge is 0.361 e. The lowest BCUT2D eigenvalue weighted by Gasteiger charge is -2.15. The van der Waals surface area contributed by atoms with Crippen molar-refractivity contribution < 1.29 is 9.32 Å². The molecule has 0 aliphatic rings. The molecule has 4 N–H and O–H groups in total. The Kier molecular flexibility index (Phi) is 4.59. The number of aromatic nitrogens is 2. The molecule has 0 aromatic carbocycles. The van der Waals surface area contributed by atoms with Gasteiger partial charge in [-0.2, -0.15) is 0 Å². The van der Waals surface area contributed by atoms with E-state index in [-0.39, 0.29) is 11.9 Å². The minimum atomic E-state index is -0.288. The van der Waals surface area contributed by atoms with Crippen LogP contribution >= 0.6 is 15.9 Å². The van der Waals surface area contributed by atoms with Gasteiger partial charge in [-0.15, -0.1) is 0 Å². The molecule has 8 heteroatoms. The quantitative estimate of drug-likeness (QED) is 0.574. The number of nitrogens with one attached hydrogen (secondary N) is 2. The standard InChI is InChI=1S/C13H16BrN5O2/c1-6(11-7(2)19-21-8(11)3)17-13(20)10-4-9(14)5-16-12(10)18-15/h4-6H,15H2,1-3H3,(H,16,18)(H,17,20). The summed E-state index contributed by atoms with van der Waals surface area (Å²) < 4.78 is 5.81. The molecule has 2 aromatic rings. The second-order valence-electron chi connectivity index (χ2n) is 4.63. The topological polar surface area (TPSA) is 106 Å². The Labute approximate surface area is 130 Å². The second-order valence-corrected chi connectivity index (χ2v) is 5.54. The Bertz CT molecular complexity index is 651. The normalized spacial score (nSPS) is 12.0. The van der Waals surface area contributed by atoms with Crippen LogP contribution in [-0.4, -0.2) is 16.0 Å². The minimum Gasteiger partial charge on any atom is -0.361 e. The molecule has 7 nitrogen and oxygen atoms in total. The van der Waals surface area contributed by atoms with Gasteiger partial charge >= 0.3 is 0 Å². The number of carbonyl (C=O) groups is 1. The summed E-state index contributed by atoms with van der Waals surface area (Å²) in [6.07, 6.45) is 1.56. The van der Waals surface area contributed by atoms with Crippen LogP contribution in [0.5, 0.6) is 0 Å². The van der Waals surface area contributed by atoms with Gasteiger partial charge in [0.05, 0.1) is 17.3 Å². The van der Waals surface area contributed by atoms with Crippen LogP contribution in [0.25, 0.3) is 0 Å². The number of hydrogen-bond acceptors (Lipinski definition) is 6. The molecular weight excluding hydrogens is 338 g/mol. The molecular formula is C13H16BrN5O2. The predicted molar refractivity (Wildman–Crippen MR) is 81.6 cm³/mol. The summed E-state index contributed by atoms with van der Waals surface area (Å²) >= 11 is 3.29. The lowest BCUT2D eigenvalue weighted by atomic mass is 10.1. The van der Waals surface area contributed by atoms with Gasteiger partial charge in [0.25, 0.3) is 5.91 Å². The molecule has 21 heavy (non-hydrogen) atoms. The molecule has 2 heterocycles. The van der Waals surface area contributed by atoms with Gasteiger partial charge in [0.15, 0.2) is 5.82 Å². The smallest absolute Gasteiger partial charge is 0.255 e. The zero-order valence-corrected chi connectivity index (χ0v) is 13.5. The van der Waals surface area contributed by atoms with Crippen LogP contribution in [0.4, 0.5) is 5.82 Å². The highest BCUT2D eigenvalue weighted by Gasteiger charge is 2.20. The van der Waals surface area contributed by atoms with Crippen LogP contribution in [-0.2, 0) is 0 Å². The van der Waals surface area contributed by atoms with E-state index in [1.807, 2.05) is 20.8 Å². The number of hydrogen-bond donors (Lipinski definition) is 3. The third-order valence-corrected chi connectivity index (χ3v) is 3.54. The maximum Gasteiger partial charge on any atom is 0.255 e. The lowest BCUT2D eigenvalue weighted by molar-refractivity contribution is 0.0940. The zero-order valence-electron chi connectivity index (χ0n) is 11.9. The maximum absolute atomic E-state index is 12.4. The number of anilines is 1. The van der Waals surface area contributed by atoms with Crippen molar-refractivity contribution in [2.75, 3.05) is 5.43 Å². The van der Waals surface area contributed by atoms with Crippen LogP contribution in [0, 0.1) is 13.8 Å². The summed E-state index contributed by atoms with van der Waals surface area (Å²) in [7, 11) is 0. The number of pyridine rings is 1. The Morgan fingerprint density at radius 2 is 2.19 bits per heavy atom. The van der Waals surface area contributed by atoms with Crippen molar-refractivity contribution in [2.45, 2.75) is 26.8 Å². The molecule has 2 rings (SSSR count). The number of nitrogen functional groups attached to an aromatic ring is 1. The highest BCUT2D eigenvalue weighted by atomic mass is 79.9. The summed E-state index contributed by atoms with van der Waals surface area (Å²) in [5.41, 5.74) is 4.39. The number of aryl methyl sites for hydroxylation is 2. The first-order valence-electron chi connectivity index (χ1n) is 6.29. The van der Waals surface area contributed by atoms with E-state index in [1.165, 1.54) is 0 Å². The van der Waals surface area contributed by atoms with Gasteiger partial charge < -0.3 is 15.3 Å². The van der Waals surface area contributed by atoms with Crippen molar-refractivity contribution in [3.8, 4) is 0 Å². The number of amides is 1. The average molecular weight is 354 g/mol. The van der Waals surface area contributed by atoms with E-state index in [1.54, 1.807) is 12.3 Å². The van der Waals surface area contributed by atoms with E-state index in [0.29, 0.717) is 21.6 Å². The van der Waals surface area contributed by atoms with Gasteiger partial charge in [-0.1, -0.05) is 5.16 Å². The Morgan fingerprint density at radius 1 is 1.48 bits per heavy atom. The van der Waals surface area contributed by atoms with Crippen LogP contribution in [0.2, 0.25) is 0 Å². The molecule has 0 spiro atoms. The van der Waals surface area contributed by atoms with E-state index in [0.717, 1.165) is 11.3 Å². The van der Waals surface area contributed by atoms with Crippen molar-refractivity contribution in [2.24, 2.45) is 5.84 Å². The first-order valence-corrected chi connectivity index (χ1v) is 7.09. The summed E-state index contributed by atoms with van der Waals surface area (Å²) in [6, 6.07) is 1.41. The third kappa shape index (κ3) is 3.22. The Hall–Kier alpha value is -1.93. The van der Waals surface area contributed by atoms with Crippen molar-refractivity contribution in [3.05, 3.63) is 39.3 Å². The van der Waals surface area contributed by atoms with Crippen LogP contribution in [0.15, 0.2) is 21.3 Å². The van der Waals surface area contributed by atoms with E-state index in [2.05, 4.69) is 36.8 Å². The van der Waals surface area contributed by atoms with Crippen LogP contribution < -0.4 is 16.6 Å².